The van der Waals surface area contributed by atoms with Gasteiger partial charge in [-0.2, -0.15) is 0 Å². The summed E-state index contributed by atoms with van der Waals surface area (Å²) in [4.78, 5) is 22.0. The van der Waals surface area contributed by atoms with Crippen LogP contribution in [0.15, 0.2) is 6.07 Å². The van der Waals surface area contributed by atoms with Crippen LogP contribution in [0.5, 0.6) is 0 Å². The average Bonchev–Trinajstić information content (AvgIpc) is 2.94. The van der Waals surface area contributed by atoms with E-state index in [9.17, 15) is 4.79 Å². The smallest absolute Gasteiger partial charge is 0.268 e. The van der Waals surface area contributed by atoms with Gasteiger partial charge in [-0.3, -0.25) is 4.79 Å². The van der Waals surface area contributed by atoms with Crippen LogP contribution in [-0.2, 0) is 0 Å². The topological polar surface area (TPSA) is 45.2 Å². The molecule has 1 fully saturated rings. The van der Waals surface area contributed by atoms with Crippen LogP contribution in [0, 0.1) is 13.8 Å². The van der Waals surface area contributed by atoms with Crippen molar-refractivity contribution in [2.75, 3.05) is 5.32 Å². The maximum absolute atomic E-state index is 13.3. The van der Waals surface area contributed by atoms with Crippen molar-refractivity contribution < 1.29 is 4.79 Å². The number of nitrogens with one attached hydrogen (secondary N) is 1. The maximum Gasteiger partial charge on any atom is 0.268 e. The summed E-state index contributed by atoms with van der Waals surface area (Å²) in [6.07, 6.45) is 7.10. The van der Waals surface area contributed by atoms with Crippen molar-refractivity contribution in [3.05, 3.63) is 22.2 Å². The largest absolute Gasteiger partial charge is 0.363 e. The summed E-state index contributed by atoms with van der Waals surface area (Å²) in [5.74, 6) is 0.211. The molecule has 1 N–H and O–H groups in total. The molecule has 2 aromatic rings. The van der Waals surface area contributed by atoms with Gasteiger partial charge in [0.05, 0.1) is 5.69 Å². The monoisotopic (exact) mass is 343 g/mol. The van der Waals surface area contributed by atoms with Crippen molar-refractivity contribution >= 4 is 33.1 Å². The molecule has 1 unspecified atom stereocenters. The summed E-state index contributed by atoms with van der Waals surface area (Å²) >= 11 is 1.55. The highest BCUT2D eigenvalue weighted by atomic mass is 32.1. The van der Waals surface area contributed by atoms with Crippen LogP contribution in [0.1, 0.15) is 66.4 Å². The standard InChI is InChI=1S/C19H25N3OS/c1-4-14-21-16-15-11(2)10-12(3)20-18(15)24-17(16)19(23)22(14)13-8-6-5-7-9-13/h10,13-14,21H,4-9H2,1-3H3. The Kier molecular flexibility index (Phi) is 3.99. The second kappa shape index (κ2) is 6.03. The molecule has 4 nitrogen and oxygen atoms in total. The van der Waals surface area contributed by atoms with E-state index < -0.39 is 0 Å². The number of nitrogens with zero attached hydrogens (tertiary/aromatic N) is 2. The third kappa shape index (κ3) is 2.41. The van der Waals surface area contributed by atoms with Gasteiger partial charge in [0.2, 0.25) is 0 Å². The number of amides is 1. The van der Waals surface area contributed by atoms with E-state index >= 15 is 0 Å². The Hall–Kier alpha value is -1.62. The molecule has 4 rings (SSSR count). The molecule has 0 radical (unpaired) electrons. The van der Waals surface area contributed by atoms with E-state index in [2.05, 4.69) is 35.1 Å². The molecular formula is C19H25N3OS. The Morgan fingerprint density at radius 2 is 2.04 bits per heavy atom. The third-order valence-electron chi connectivity index (χ3n) is 5.42. The normalized spacial score (nSPS) is 21.9. The number of carbonyl (C=O) groups is 1. The van der Waals surface area contributed by atoms with E-state index in [0.717, 1.165) is 45.7 Å². The Balaban J connectivity index is 1.81. The summed E-state index contributed by atoms with van der Waals surface area (Å²) in [7, 11) is 0. The third-order valence-corrected chi connectivity index (χ3v) is 6.49. The van der Waals surface area contributed by atoms with Gasteiger partial charge < -0.3 is 10.2 Å². The number of hydrogen-bond acceptors (Lipinski definition) is 4. The van der Waals surface area contributed by atoms with Crippen LogP contribution >= 0.6 is 11.3 Å². The first-order chi connectivity index (χ1) is 11.6. The molecule has 5 heteroatoms. The molecule has 1 aliphatic carbocycles. The number of aryl methyl sites for hydroxylation is 2. The fourth-order valence-electron chi connectivity index (χ4n) is 4.30. The number of pyridine rings is 1. The van der Waals surface area contributed by atoms with Gasteiger partial charge in [-0.05, 0) is 44.7 Å². The van der Waals surface area contributed by atoms with E-state index in [1.165, 1.54) is 24.8 Å². The molecule has 1 amide bonds. The Morgan fingerprint density at radius 1 is 1.29 bits per heavy atom. The fourth-order valence-corrected chi connectivity index (χ4v) is 5.51. The van der Waals surface area contributed by atoms with Gasteiger partial charge in [-0.1, -0.05) is 26.2 Å². The van der Waals surface area contributed by atoms with Crippen LogP contribution in [0.2, 0.25) is 0 Å². The lowest BCUT2D eigenvalue weighted by Crippen LogP contribution is -2.53. The molecule has 2 aliphatic rings. The molecule has 0 aromatic carbocycles. The molecule has 1 aliphatic heterocycles. The first-order valence-corrected chi connectivity index (χ1v) is 9.91. The molecule has 24 heavy (non-hydrogen) atoms. The Labute approximate surface area is 147 Å². The lowest BCUT2D eigenvalue weighted by atomic mass is 9.92. The van der Waals surface area contributed by atoms with Crippen LogP contribution in [0.3, 0.4) is 0 Å². The van der Waals surface area contributed by atoms with Crippen molar-refractivity contribution in [3.8, 4) is 0 Å². The van der Waals surface area contributed by atoms with Crippen molar-refractivity contribution in [3.63, 3.8) is 0 Å². The molecule has 1 saturated carbocycles. The molecule has 0 saturated heterocycles. The van der Waals surface area contributed by atoms with Gasteiger partial charge in [0, 0.05) is 17.1 Å². The molecule has 0 spiro atoms. The van der Waals surface area contributed by atoms with E-state index in [-0.39, 0.29) is 12.1 Å². The summed E-state index contributed by atoms with van der Waals surface area (Å²) in [6, 6.07) is 2.49. The minimum atomic E-state index is 0.103. The zero-order chi connectivity index (χ0) is 16.8. The summed E-state index contributed by atoms with van der Waals surface area (Å²) in [5, 5.41) is 4.82. The molecule has 2 aromatic heterocycles. The average molecular weight is 343 g/mol. The predicted molar refractivity (Wildman–Crippen MR) is 99.8 cm³/mol. The zero-order valence-electron chi connectivity index (χ0n) is 14.7. The minimum Gasteiger partial charge on any atom is -0.363 e. The highest BCUT2D eigenvalue weighted by Crippen LogP contribution is 2.42. The SMILES string of the molecule is CCC1Nc2c(sc3nc(C)cc(C)c23)C(=O)N1C1CCCCC1. The van der Waals surface area contributed by atoms with Crippen molar-refractivity contribution in [1.29, 1.82) is 0 Å². The quantitative estimate of drug-likeness (QED) is 0.848. The number of carbonyl (C=O) groups excluding carboxylic acids is 1. The van der Waals surface area contributed by atoms with Gasteiger partial charge >= 0.3 is 0 Å². The second-order valence-electron chi connectivity index (χ2n) is 7.14. The summed E-state index contributed by atoms with van der Waals surface area (Å²) in [5.41, 5.74) is 3.24. The lowest BCUT2D eigenvalue weighted by molar-refractivity contribution is 0.0527. The predicted octanol–water partition coefficient (Wildman–Crippen LogP) is 4.85. The highest BCUT2D eigenvalue weighted by Gasteiger charge is 2.38. The number of hydrogen-bond donors (Lipinski definition) is 1. The van der Waals surface area contributed by atoms with E-state index in [4.69, 9.17) is 0 Å². The van der Waals surface area contributed by atoms with Crippen LogP contribution in [0.4, 0.5) is 5.69 Å². The first kappa shape index (κ1) is 15.9. The maximum atomic E-state index is 13.3. The molecular weight excluding hydrogens is 318 g/mol. The van der Waals surface area contributed by atoms with E-state index in [1.54, 1.807) is 11.3 Å². The van der Waals surface area contributed by atoms with Gasteiger partial charge in [0.25, 0.3) is 5.91 Å². The summed E-state index contributed by atoms with van der Waals surface area (Å²) < 4.78 is 0. The zero-order valence-corrected chi connectivity index (χ0v) is 15.5. The lowest BCUT2D eigenvalue weighted by Gasteiger charge is -2.43. The van der Waals surface area contributed by atoms with Gasteiger partial charge in [0.1, 0.15) is 15.9 Å². The first-order valence-electron chi connectivity index (χ1n) is 9.10. The minimum absolute atomic E-state index is 0.103. The highest BCUT2D eigenvalue weighted by molar-refractivity contribution is 7.21. The number of anilines is 1. The van der Waals surface area contributed by atoms with Gasteiger partial charge in [-0.25, -0.2) is 4.98 Å². The Bertz CT molecular complexity index is 791. The molecule has 128 valence electrons. The fraction of sp³-hybridized carbons (Fsp3) is 0.579. The Morgan fingerprint density at radius 3 is 2.75 bits per heavy atom. The molecule has 0 bridgehead atoms. The van der Waals surface area contributed by atoms with Crippen LogP contribution < -0.4 is 5.32 Å². The van der Waals surface area contributed by atoms with Crippen molar-refractivity contribution in [2.45, 2.75) is 71.5 Å². The number of rotatable bonds is 2. The van der Waals surface area contributed by atoms with E-state index in [1.807, 2.05) is 6.92 Å². The second-order valence-corrected chi connectivity index (χ2v) is 8.14. The van der Waals surface area contributed by atoms with E-state index in [0.29, 0.717) is 6.04 Å². The van der Waals surface area contributed by atoms with Gasteiger partial charge in [-0.15, -0.1) is 11.3 Å². The molecule has 3 heterocycles. The summed E-state index contributed by atoms with van der Waals surface area (Å²) in [6.45, 7) is 6.30. The van der Waals surface area contributed by atoms with Crippen molar-refractivity contribution in [1.82, 2.24) is 9.88 Å². The van der Waals surface area contributed by atoms with Crippen molar-refractivity contribution in [2.24, 2.45) is 0 Å². The number of aromatic nitrogens is 1. The van der Waals surface area contributed by atoms with Crippen LogP contribution in [-0.4, -0.2) is 28.0 Å². The number of fused-ring (bicyclic) bond motifs is 3. The van der Waals surface area contributed by atoms with Crippen LogP contribution in [0.25, 0.3) is 10.2 Å². The molecule has 1 atom stereocenters. The van der Waals surface area contributed by atoms with Gasteiger partial charge in [0.15, 0.2) is 0 Å². The number of thiophene rings is 1.